The molecule has 2 aliphatic rings. The third kappa shape index (κ3) is 2.85. The van der Waals surface area contributed by atoms with Gasteiger partial charge in [0, 0.05) is 18.1 Å². The van der Waals surface area contributed by atoms with Crippen molar-refractivity contribution < 1.29 is 14.3 Å². The Bertz CT molecular complexity index is 359. The van der Waals surface area contributed by atoms with Crippen molar-refractivity contribution in [2.24, 2.45) is 0 Å². The molecular weight excluding hydrogens is 256 g/mol. The van der Waals surface area contributed by atoms with Gasteiger partial charge in [-0.1, -0.05) is 0 Å². The highest BCUT2D eigenvalue weighted by Crippen LogP contribution is 2.37. The second-order valence-corrected chi connectivity index (χ2v) is 6.51. The van der Waals surface area contributed by atoms with Crippen LogP contribution in [0.3, 0.4) is 0 Å². The maximum atomic E-state index is 12.3. The highest BCUT2D eigenvalue weighted by Gasteiger charge is 2.49. The quantitative estimate of drug-likeness (QED) is 0.785. The molecular formula is C15H28N2O3. The summed E-state index contributed by atoms with van der Waals surface area (Å²) >= 11 is 0. The number of morpholine rings is 1. The zero-order chi connectivity index (χ0) is 14.8. The third-order valence-corrected chi connectivity index (χ3v) is 4.78. The van der Waals surface area contributed by atoms with E-state index >= 15 is 0 Å². The number of hydrogen-bond acceptors (Lipinski definition) is 5. The zero-order valence-electron chi connectivity index (χ0n) is 13.2. The largest absolute Gasteiger partial charge is 0.465 e. The van der Waals surface area contributed by atoms with Gasteiger partial charge >= 0.3 is 5.97 Å². The van der Waals surface area contributed by atoms with Crippen LogP contribution in [0.15, 0.2) is 0 Å². The summed E-state index contributed by atoms with van der Waals surface area (Å²) in [4.78, 5) is 14.8. The second kappa shape index (κ2) is 6.00. The van der Waals surface area contributed by atoms with Gasteiger partial charge in [-0.15, -0.1) is 0 Å². The summed E-state index contributed by atoms with van der Waals surface area (Å²) in [5.74, 6) is -0.101. The van der Waals surface area contributed by atoms with E-state index in [1.807, 2.05) is 14.0 Å². The zero-order valence-corrected chi connectivity index (χ0v) is 13.2. The average Bonchev–Trinajstić information content (AvgIpc) is 2.84. The van der Waals surface area contributed by atoms with Crippen molar-refractivity contribution in [2.75, 3.05) is 33.4 Å². The Morgan fingerprint density at radius 3 is 2.85 bits per heavy atom. The van der Waals surface area contributed by atoms with E-state index in [1.54, 1.807) is 0 Å². The summed E-state index contributed by atoms with van der Waals surface area (Å²) in [6, 6.07) is 0.422. The molecule has 116 valence electrons. The standard InChI is InChI=1S/C15H28N2O3/c1-5-20-13(18)15(16-4)7-6-12(10-15)17-8-9-19-11-14(17,2)3/h12,16H,5-11H2,1-4H3. The maximum Gasteiger partial charge on any atom is 0.326 e. The molecule has 0 bridgehead atoms. The Hall–Kier alpha value is -0.650. The summed E-state index contributed by atoms with van der Waals surface area (Å²) < 4.78 is 10.9. The molecule has 1 saturated heterocycles. The first-order valence-electron chi connectivity index (χ1n) is 7.66. The fraction of sp³-hybridized carbons (Fsp3) is 0.933. The van der Waals surface area contributed by atoms with Crippen LogP contribution in [0.2, 0.25) is 0 Å². The van der Waals surface area contributed by atoms with Crippen molar-refractivity contribution in [1.82, 2.24) is 10.2 Å². The monoisotopic (exact) mass is 284 g/mol. The molecule has 0 aromatic carbocycles. The number of esters is 1. The van der Waals surface area contributed by atoms with Gasteiger partial charge in [0.2, 0.25) is 0 Å². The van der Waals surface area contributed by atoms with E-state index in [-0.39, 0.29) is 11.5 Å². The molecule has 5 nitrogen and oxygen atoms in total. The third-order valence-electron chi connectivity index (χ3n) is 4.78. The van der Waals surface area contributed by atoms with E-state index in [1.165, 1.54) is 0 Å². The van der Waals surface area contributed by atoms with Crippen LogP contribution in [0.25, 0.3) is 0 Å². The van der Waals surface area contributed by atoms with Crippen LogP contribution >= 0.6 is 0 Å². The van der Waals surface area contributed by atoms with Crippen LogP contribution in [-0.4, -0.2) is 61.4 Å². The number of ether oxygens (including phenoxy) is 2. The van der Waals surface area contributed by atoms with Gasteiger partial charge < -0.3 is 14.8 Å². The fourth-order valence-corrected chi connectivity index (χ4v) is 3.62. The molecule has 1 N–H and O–H groups in total. The van der Waals surface area contributed by atoms with Crippen molar-refractivity contribution in [2.45, 2.75) is 57.2 Å². The number of carbonyl (C=O) groups excluding carboxylic acids is 1. The average molecular weight is 284 g/mol. The summed E-state index contributed by atoms with van der Waals surface area (Å²) in [7, 11) is 1.86. The lowest BCUT2D eigenvalue weighted by Gasteiger charge is -2.46. The van der Waals surface area contributed by atoms with E-state index in [2.05, 4.69) is 24.1 Å². The molecule has 2 fully saturated rings. The van der Waals surface area contributed by atoms with Gasteiger partial charge in [0.15, 0.2) is 0 Å². The summed E-state index contributed by atoms with van der Waals surface area (Å²) in [5, 5.41) is 3.23. The highest BCUT2D eigenvalue weighted by atomic mass is 16.5. The van der Waals surface area contributed by atoms with Crippen molar-refractivity contribution in [3.05, 3.63) is 0 Å². The first kappa shape index (κ1) is 15.7. The maximum absolute atomic E-state index is 12.3. The molecule has 0 spiro atoms. The van der Waals surface area contributed by atoms with Crippen molar-refractivity contribution >= 4 is 5.97 Å². The van der Waals surface area contributed by atoms with Gasteiger partial charge in [0.25, 0.3) is 0 Å². The molecule has 0 amide bonds. The molecule has 0 aromatic heterocycles. The number of likely N-dealkylation sites (N-methyl/N-ethyl adjacent to an activating group) is 1. The first-order chi connectivity index (χ1) is 9.45. The second-order valence-electron chi connectivity index (χ2n) is 6.51. The minimum absolute atomic E-state index is 0.0431. The molecule has 0 aromatic rings. The minimum atomic E-state index is -0.505. The predicted octanol–water partition coefficient (Wildman–Crippen LogP) is 1.17. The summed E-state index contributed by atoms with van der Waals surface area (Å²) in [5.41, 5.74) is -0.462. The lowest BCUT2D eigenvalue weighted by atomic mass is 9.95. The van der Waals surface area contributed by atoms with E-state index in [9.17, 15) is 4.79 Å². The Labute approximate surface area is 122 Å². The van der Waals surface area contributed by atoms with E-state index in [0.29, 0.717) is 12.6 Å². The SMILES string of the molecule is CCOC(=O)C1(NC)CCC(N2CCOCC2(C)C)C1. The molecule has 5 heteroatoms. The smallest absolute Gasteiger partial charge is 0.326 e. The molecule has 1 heterocycles. The van der Waals surface area contributed by atoms with E-state index in [0.717, 1.165) is 39.0 Å². The molecule has 2 rings (SSSR count). The predicted molar refractivity (Wildman–Crippen MR) is 77.7 cm³/mol. The van der Waals surface area contributed by atoms with Gasteiger partial charge in [-0.05, 0) is 47.1 Å². The number of nitrogens with one attached hydrogen (secondary N) is 1. The Balaban J connectivity index is 2.08. The van der Waals surface area contributed by atoms with E-state index < -0.39 is 5.54 Å². The number of rotatable bonds is 4. The van der Waals surface area contributed by atoms with Crippen molar-refractivity contribution in [3.8, 4) is 0 Å². The number of hydrogen-bond donors (Lipinski definition) is 1. The topological polar surface area (TPSA) is 50.8 Å². The minimum Gasteiger partial charge on any atom is -0.465 e. The molecule has 1 aliphatic carbocycles. The van der Waals surface area contributed by atoms with Gasteiger partial charge in [-0.3, -0.25) is 9.69 Å². The summed E-state index contributed by atoms with van der Waals surface area (Å²) in [6.07, 6.45) is 2.70. The molecule has 0 radical (unpaired) electrons. The molecule has 2 unspecified atom stereocenters. The first-order valence-corrected chi connectivity index (χ1v) is 7.66. The highest BCUT2D eigenvalue weighted by molar-refractivity contribution is 5.81. The van der Waals surface area contributed by atoms with Crippen LogP contribution in [0.5, 0.6) is 0 Å². The van der Waals surface area contributed by atoms with Crippen molar-refractivity contribution in [1.29, 1.82) is 0 Å². The Morgan fingerprint density at radius 2 is 2.25 bits per heavy atom. The molecule has 20 heavy (non-hydrogen) atoms. The number of carbonyl (C=O) groups is 1. The Kier molecular flexibility index (Phi) is 4.72. The van der Waals surface area contributed by atoms with Crippen LogP contribution in [0.4, 0.5) is 0 Å². The lowest BCUT2D eigenvalue weighted by Crippen LogP contribution is -2.58. The van der Waals surface area contributed by atoms with Gasteiger partial charge in [0.05, 0.1) is 19.8 Å². The van der Waals surface area contributed by atoms with Crippen molar-refractivity contribution in [3.63, 3.8) is 0 Å². The van der Waals surface area contributed by atoms with Crippen LogP contribution < -0.4 is 5.32 Å². The van der Waals surface area contributed by atoms with Crippen LogP contribution in [-0.2, 0) is 14.3 Å². The lowest BCUT2D eigenvalue weighted by molar-refractivity contribution is -0.151. The van der Waals surface area contributed by atoms with Crippen LogP contribution in [0.1, 0.15) is 40.0 Å². The molecule has 1 aliphatic heterocycles. The molecule has 2 atom stereocenters. The molecule has 1 saturated carbocycles. The Morgan fingerprint density at radius 1 is 1.50 bits per heavy atom. The van der Waals surface area contributed by atoms with Gasteiger partial charge in [-0.2, -0.15) is 0 Å². The number of nitrogens with zero attached hydrogens (tertiary/aromatic N) is 1. The fourth-order valence-electron chi connectivity index (χ4n) is 3.62. The van der Waals surface area contributed by atoms with E-state index in [4.69, 9.17) is 9.47 Å². The van der Waals surface area contributed by atoms with Crippen LogP contribution in [0, 0.1) is 0 Å². The summed E-state index contributed by atoms with van der Waals surface area (Å²) in [6.45, 7) is 9.22. The van der Waals surface area contributed by atoms with Gasteiger partial charge in [0.1, 0.15) is 5.54 Å². The normalized spacial score (nSPS) is 34.1. The van der Waals surface area contributed by atoms with Gasteiger partial charge in [-0.25, -0.2) is 0 Å².